The van der Waals surface area contributed by atoms with Crippen molar-refractivity contribution >= 4 is 5.69 Å². The molecule has 0 saturated carbocycles. The second-order valence-corrected chi connectivity index (χ2v) is 7.47. The van der Waals surface area contributed by atoms with Gasteiger partial charge in [-0.25, -0.2) is 0 Å². The molecule has 3 rings (SSSR count). The van der Waals surface area contributed by atoms with Crippen LogP contribution in [0.1, 0.15) is 37.2 Å². The van der Waals surface area contributed by atoms with Crippen LogP contribution in [0.25, 0.3) is 0 Å². The summed E-state index contributed by atoms with van der Waals surface area (Å²) in [5, 5.41) is 9.12. The molecule has 3 heteroatoms. The van der Waals surface area contributed by atoms with E-state index in [0.29, 0.717) is 18.6 Å². The second-order valence-electron chi connectivity index (χ2n) is 7.47. The second kappa shape index (κ2) is 9.75. The first-order chi connectivity index (χ1) is 12.8. The molecule has 1 heterocycles. The molecule has 1 saturated heterocycles. The third-order valence-corrected chi connectivity index (χ3v) is 5.64. The number of para-hydroxylation sites is 1. The number of aliphatic hydroxyl groups is 1. The van der Waals surface area contributed by atoms with Crippen LogP contribution < -0.4 is 4.90 Å². The van der Waals surface area contributed by atoms with Crippen LogP contribution in [-0.4, -0.2) is 49.3 Å². The molecule has 1 fully saturated rings. The van der Waals surface area contributed by atoms with Crippen molar-refractivity contribution in [1.29, 1.82) is 0 Å². The van der Waals surface area contributed by atoms with E-state index in [1.165, 1.54) is 24.1 Å². The van der Waals surface area contributed by atoms with E-state index in [4.69, 9.17) is 5.11 Å². The van der Waals surface area contributed by atoms with Gasteiger partial charge in [-0.1, -0.05) is 48.5 Å². The maximum absolute atomic E-state index is 9.12. The molecule has 2 atom stereocenters. The zero-order valence-corrected chi connectivity index (χ0v) is 15.9. The largest absolute Gasteiger partial charge is 0.396 e. The zero-order valence-electron chi connectivity index (χ0n) is 15.9. The van der Waals surface area contributed by atoms with E-state index in [1.54, 1.807) is 0 Å². The maximum atomic E-state index is 9.12. The molecule has 3 nitrogen and oxygen atoms in total. The van der Waals surface area contributed by atoms with Crippen molar-refractivity contribution < 1.29 is 5.11 Å². The molecule has 1 aliphatic rings. The van der Waals surface area contributed by atoms with Crippen LogP contribution in [0.3, 0.4) is 0 Å². The summed E-state index contributed by atoms with van der Waals surface area (Å²) in [5.74, 6) is 0.652. The summed E-state index contributed by atoms with van der Waals surface area (Å²) in [6.07, 6.45) is 4.42. The van der Waals surface area contributed by atoms with Gasteiger partial charge in [0.25, 0.3) is 0 Å². The lowest BCUT2D eigenvalue weighted by atomic mass is 9.85. The number of likely N-dealkylation sites (N-methyl/N-ethyl adjacent to an activating group) is 1. The number of hydrogen-bond donors (Lipinski definition) is 1. The molecule has 140 valence electrons. The van der Waals surface area contributed by atoms with E-state index >= 15 is 0 Å². The smallest absolute Gasteiger partial charge is 0.0431 e. The molecule has 0 radical (unpaired) electrons. The SMILES string of the molecule is CN(CC1CC(c2ccccc2)CCN1CCCCO)c1ccccc1. The van der Waals surface area contributed by atoms with Crippen molar-refractivity contribution in [2.45, 2.75) is 37.6 Å². The van der Waals surface area contributed by atoms with Crippen molar-refractivity contribution in [2.24, 2.45) is 0 Å². The van der Waals surface area contributed by atoms with Gasteiger partial charge in [0, 0.05) is 31.9 Å². The Balaban J connectivity index is 1.68. The Morgan fingerprint density at radius 3 is 2.38 bits per heavy atom. The predicted molar refractivity (Wildman–Crippen MR) is 110 cm³/mol. The van der Waals surface area contributed by atoms with E-state index < -0.39 is 0 Å². The molecule has 2 unspecified atom stereocenters. The molecular formula is C23H32N2O. The Labute approximate surface area is 158 Å². The maximum Gasteiger partial charge on any atom is 0.0431 e. The van der Waals surface area contributed by atoms with Gasteiger partial charge in [0.1, 0.15) is 0 Å². The Bertz CT molecular complexity index is 629. The minimum absolute atomic E-state index is 0.301. The molecule has 2 aromatic carbocycles. The molecule has 26 heavy (non-hydrogen) atoms. The molecule has 2 aromatic rings. The van der Waals surface area contributed by atoms with Gasteiger partial charge in [-0.2, -0.15) is 0 Å². The summed E-state index contributed by atoms with van der Waals surface area (Å²) in [6, 6.07) is 22.2. The van der Waals surface area contributed by atoms with Crippen molar-refractivity contribution in [1.82, 2.24) is 4.90 Å². The van der Waals surface area contributed by atoms with Gasteiger partial charge in [-0.3, -0.25) is 4.90 Å². The summed E-state index contributed by atoms with van der Waals surface area (Å²) in [6.45, 7) is 3.59. The molecule has 0 spiro atoms. The summed E-state index contributed by atoms with van der Waals surface area (Å²) < 4.78 is 0. The predicted octanol–water partition coefficient (Wildman–Crippen LogP) is 4.14. The highest BCUT2D eigenvalue weighted by Gasteiger charge is 2.29. The normalized spacial score (nSPS) is 20.8. The van der Waals surface area contributed by atoms with E-state index in [2.05, 4.69) is 77.5 Å². The molecule has 0 amide bonds. The summed E-state index contributed by atoms with van der Waals surface area (Å²) >= 11 is 0. The van der Waals surface area contributed by atoms with Crippen LogP contribution in [0.4, 0.5) is 5.69 Å². The van der Waals surface area contributed by atoms with Gasteiger partial charge in [0.15, 0.2) is 0 Å². The zero-order chi connectivity index (χ0) is 18.2. The monoisotopic (exact) mass is 352 g/mol. The average molecular weight is 353 g/mol. The first kappa shape index (κ1) is 18.9. The number of benzene rings is 2. The van der Waals surface area contributed by atoms with E-state index in [1.807, 2.05) is 0 Å². The van der Waals surface area contributed by atoms with Gasteiger partial charge in [0.2, 0.25) is 0 Å². The van der Waals surface area contributed by atoms with Crippen molar-refractivity contribution in [2.75, 3.05) is 38.2 Å². The molecule has 0 bridgehead atoms. The summed E-state index contributed by atoms with van der Waals surface area (Å²) in [4.78, 5) is 5.03. The lowest BCUT2D eigenvalue weighted by Crippen LogP contribution is -2.48. The lowest BCUT2D eigenvalue weighted by Gasteiger charge is -2.42. The fourth-order valence-electron chi connectivity index (χ4n) is 4.14. The highest BCUT2D eigenvalue weighted by Crippen LogP contribution is 2.32. The molecule has 0 aliphatic carbocycles. The fraction of sp³-hybridized carbons (Fsp3) is 0.478. The highest BCUT2D eigenvalue weighted by molar-refractivity contribution is 5.45. The first-order valence-corrected chi connectivity index (χ1v) is 9.94. The van der Waals surface area contributed by atoms with Gasteiger partial charge in [-0.05, 0) is 62.4 Å². The minimum Gasteiger partial charge on any atom is -0.396 e. The Kier molecular flexibility index (Phi) is 7.10. The molecule has 0 aromatic heterocycles. The molecular weight excluding hydrogens is 320 g/mol. The van der Waals surface area contributed by atoms with Crippen LogP contribution in [0.5, 0.6) is 0 Å². The molecule has 1 N–H and O–H groups in total. The van der Waals surface area contributed by atoms with Crippen molar-refractivity contribution in [3.63, 3.8) is 0 Å². The Morgan fingerprint density at radius 1 is 1.00 bits per heavy atom. The van der Waals surface area contributed by atoms with Crippen molar-refractivity contribution in [3.05, 3.63) is 66.2 Å². The molecule has 1 aliphatic heterocycles. The van der Waals surface area contributed by atoms with Gasteiger partial charge >= 0.3 is 0 Å². The standard InChI is InChI=1S/C23H32N2O/c1-24(22-12-6-3-7-13-22)19-23-18-21(20-10-4-2-5-11-20)14-16-25(23)15-8-9-17-26/h2-7,10-13,21,23,26H,8-9,14-19H2,1H3. The third-order valence-electron chi connectivity index (χ3n) is 5.64. The van der Waals surface area contributed by atoms with Crippen LogP contribution in [-0.2, 0) is 0 Å². The van der Waals surface area contributed by atoms with Gasteiger partial charge < -0.3 is 10.0 Å². The quantitative estimate of drug-likeness (QED) is 0.723. The number of unbranched alkanes of at least 4 members (excludes halogenated alkanes) is 1. The number of rotatable bonds is 8. The Hall–Kier alpha value is -1.84. The third kappa shape index (κ3) is 5.09. The summed E-state index contributed by atoms with van der Waals surface area (Å²) in [7, 11) is 2.20. The number of hydrogen-bond acceptors (Lipinski definition) is 3. The first-order valence-electron chi connectivity index (χ1n) is 9.94. The Morgan fingerprint density at radius 2 is 1.69 bits per heavy atom. The van der Waals surface area contributed by atoms with Crippen LogP contribution in [0.2, 0.25) is 0 Å². The van der Waals surface area contributed by atoms with E-state index in [9.17, 15) is 0 Å². The van der Waals surface area contributed by atoms with Gasteiger partial charge in [0.05, 0.1) is 0 Å². The van der Waals surface area contributed by atoms with Crippen LogP contribution in [0.15, 0.2) is 60.7 Å². The van der Waals surface area contributed by atoms with Crippen LogP contribution >= 0.6 is 0 Å². The van der Waals surface area contributed by atoms with Crippen molar-refractivity contribution in [3.8, 4) is 0 Å². The number of nitrogens with zero attached hydrogens (tertiary/aromatic N) is 2. The minimum atomic E-state index is 0.301. The van der Waals surface area contributed by atoms with E-state index in [-0.39, 0.29) is 0 Å². The number of anilines is 1. The topological polar surface area (TPSA) is 26.7 Å². The van der Waals surface area contributed by atoms with Gasteiger partial charge in [-0.15, -0.1) is 0 Å². The lowest BCUT2D eigenvalue weighted by molar-refractivity contribution is 0.132. The fourth-order valence-corrected chi connectivity index (χ4v) is 4.14. The summed E-state index contributed by atoms with van der Waals surface area (Å²) in [5.41, 5.74) is 2.76. The number of likely N-dealkylation sites (tertiary alicyclic amines) is 1. The number of aliphatic hydroxyl groups excluding tert-OH is 1. The number of piperidine rings is 1. The van der Waals surface area contributed by atoms with E-state index in [0.717, 1.165) is 32.5 Å². The average Bonchev–Trinajstić information content (AvgIpc) is 2.70. The highest BCUT2D eigenvalue weighted by atomic mass is 16.2. The van der Waals surface area contributed by atoms with Crippen LogP contribution in [0, 0.1) is 0 Å².